The van der Waals surface area contributed by atoms with E-state index in [-0.39, 0.29) is 24.5 Å². The Morgan fingerprint density at radius 2 is 1.74 bits per heavy atom. The van der Waals surface area contributed by atoms with Gasteiger partial charge in [-0.3, -0.25) is 14.5 Å². The molecule has 0 spiro atoms. The van der Waals surface area contributed by atoms with Gasteiger partial charge in [0.2, 0.25) is 0 Å². The fraction of sp³-hybridized carbons (Fsp3) is 0.324. The van der Waals surface area contributed by atoms with Crippen molar-refractivity contribution in [1.29, 1.82) is 0 Å². The molecular weight excluding hydrogens is 546 g/mol. The van der Waals surface area contributed by atoms with Crippen LogP contribution < -0.4 is 14.8 Å². The third-order valence-corrected chi connectivity index (χ3v) is 8.33. The van der Waals surface area contributed by atoms with E-state index in [1.165, 1.54) is 18.2 Å². The number of amides is 2. The maximum Gasteiger partial charge on any atom is 0.267 e. The first kappa shape index (κ1) is 29.5. The van der Waals surface area contributed by atoms with Crippen molar-refractivity contribution in [3.63, 3.8) is 0 Å². The number of nitrogens with one attached hydrogen (secondary N) is 1. The van der Waals surface area contributed by atoms with Gasteiger partial charge < -0.3 is 14.8 Å². The highest BCUT2D eigenvalue weighted by molar-refractivity contribution is 8.18. The first-order valence-corrected chi connectivity index (χ1v) is 15.5. The van der Waals surface area contributed by atoms with Gasteiger partial charge in [0.05, 0.1) is 17.2 Å². The molecule has 0 unspecified atom stereocenters. The van der Waals surface area contributed by atoms with E-state index in [0.29, 0.717) is 28.7 Å². The van der Waals surface area contributed by atoms with Crippen LogP contribution in [0.5, 0.6) is 11.5 Å². The molecule has 2 amide bonds. The topological polar surface area (TPSA) is 80.2 Å². The van der Waals surface area contributed by atoms with Crippen LogP contribution in [0.15, 0.2) is 82.7 Å². The molecule has 1 aliphatic heterocycles. The number of hydrogen-bond acceptors (Lipinski definition) is 6. The van der Waals surface area contributed by atoms with Crippen LogP contribution in [0, 0.1) is 0 Å². The molecule has 218 valence electrons. The fourth-order valence-corrected chi connectivity index (χ4v) is 6.31. The minimum atomic E-state index is -0.262. The van der Waals surface area contributed by atoms with Gasteiger partial charge in [-0.15, -0.1) is 0 Å². The van der Waals surface area contributed by atoms with E-state index in [4.69, 9.17) is 14.5 Å². The van der Waals surface area contributed by atoms with Crippen molar-refractivity contribution in [2.45, 2.75) is 58.4 Å². The molecule has 5 rings (SSSR count). The summed E-state index contributed by atoms with van der Waals surface area (Å²) in [5.74, 6) is 0.720. The minimum Gasteiger partial charge on any atom is -0.490 e. The van der Waals surface area contributed by atoms with Crippen LogP contribution in [0.2, 0.25) is 0 Å². The molecule has 0 radical (unpaired) electrons. The second kappa shape index (κ2) is 14.2. The Hall–Kier alpha value is -4.04. The predicted molar refractivity (Wildman–Crippen MR) is 170 cm³/mol. The average Bonchev–Trinajstić information content (AvgIpc) is 3.31. The molecular formula is C34H37N3O4S. The van der Waals surface area contributed by atoms with Crippen molar-refractivity contribution < 1.29 is 19.1 Å². The van der Waals surface area contributed by atoms with Crippen LogP contribution in [0.3, 0.4) is 0 Å². The molecule has 2 fully saturated rings. The maximum absolute atomic E-state index is 13.8. The zero-order valence-electron chi connectivity index (χ0n) is 24.2. The Bertz CT molecular complexity index is 1460. The van der Waals surface area contributed by atoms with Gasteiger partial charge in [-0.05, 0) is 85.5 Å². The van der Waals surface area contributed by atoms with Gasteiger partial charge in [-0.1, -0.05) is 68.7 Å². The Labute approximate surface area is 252 Å². The Balaban J connectivity index is 1.38. The molecule has 1 N–H and O–H groups in total. The number of rotatable bonds is 10. The first-order chi connectivity index (χ1) is 20.6. The van der Waals surface area contributed by atoms with Crippen molar-refractivity contribution in [3.8, 4) is 11.5 Å². The number of hydrogen-bond donors (Lipinski definition) is 1. The molecule has 1 heterocycles. The number of aryl methyl sites for hydroxylation is 1. The number of carbonyl (C=O) groups excluding carboxylic acids is 2. The lowest BCUT2D eigenvalue weighted by molar-refractivity contribution is -0.124. The summed E-state index contributed by atoms with van der Waals surface area (Å²) in [6.07, 6.45) is 8.21. The van der Waals surface area contributed by atoms with E-state index in [1.54, 1.807) is 6.07 Å². The van der Waals surface area contributed by atoms with Crippen molar-refractivity contribution in [3.05, 3.63) is 88.8 Å². The number of benzene rings is 3. The quantitative estimate of drug-likeness (QED) is 0.249. The molecule has 7 nitrogen and oxygen atoms in total. The van der Waals surface area contributed by atoms with Crippen LogP contribution in [0.25, 0.3) is 6.08 Å². The molecule has 1 saturated carbocycles. The second-order valence-corrected chi connectivity index (χ2v) is 11.3. The summed E-state index contributed by atoms with van der Waals surface area (Å²) < 4.78 is 11.7. The van der Waals surface area contributed by atoms with Gasteiger partial charge in [0.25, 0.3) is 11.8 Å². The van der Waals surface area contributed by atoms with Crippen LogP contribution in [-0.2, 0) is 16.0 Å². The number of para-hydroxylation sites is 2. The van der Waals surface area contributed by atoms with Crippen molar-refractivity contribution in [1.82, 2.24) is 4.90 Å². The molecule has 42 heavy (non-hydrogen) atoms. The van der Waals surface area contributed by atoms with E-state index in [0.717, 1.165) is 54.1 Å². The van der Waals surface area contributed by atoms with Gasteiger partial charge in [0.15, 0.2) is 23.3 Å². The van der Waals surface area contributed by atoms with E-state index in [9.17, 15) is 9.59 Å². The summed E-state index contributed by atoms with van der Waals surface area (Å²) in [6, 6.07) is 23.0. The number of aliphatic imine (C=N–C) groups is 1. The van der Waals surface area contributed by atoms with Crippen LogP contribution in [0.1, 0.15) is 57.1 Å². The number of nitrogens with zero attached hydrogens (tertiary/aromatic N) is 2. The zero-order chi connectivity index (χ0) is 29.3. The average molecular weight is 584 g/mol. The third kappa shape index (κ3) is 7.23. The third-order valence-electron chi connectivity index (χ3n) is 7.35. The number of anilines is 1. The fourth-order valence-electron chi connectivity index (χ4n) is 5.26. The number of ether oxygens (including phenoxy) is 2. The summed E-state index contributed by atoms with van der Waals surface area (Å²) >= 11 is 1.43. The van der Waals surface area contributed by atoms with Gasteiger partial charge in [-0.25, -0.2) is 4.99 Å². The standard InChI is InChI=1S/C34H37N3O4S/c1-3-25-13-11-12-18-28(25)36-34-37(27-16-9-6-10-17-27)33(39)31(42-34)22-24-19-20-29(30(21-24)40-4-2)41-23-32(38)35-26-14-7-5-8-15-26/h5,7-8,11-15,18-22,27H,3-4,6,9-10,16-17,23H2,1-2H3,(H,35,38)/b31-22+,36-34?. The lowest BCUT2D eigenvalue weighted by Crippen LogP contribution is -2.40. The smallest absolute Gasteiger partial charge is 0.267 e. The molecule has 1 aliphatic carbocycles. The molecule has 8 heteroatoms. The molecule has 1 saturated heterocycles. The molecule has 3 aromatic carbocycles. The lowest BCUT2D eigenvalue weighted by Gasteiger charge is -2.30. The summed E-state index contributed by atoms with van der Waals surface area (Å²) in [4.78, 5) is 33.8. The summed E-state index contributed by atoms with van der Waals surface area (Å²) in [6.45, 7) is 4.30. The van der Waals surface area contributed by atoms with Crippen molar-refractivity contribution in [2.24, 2.45) is 4.99 Å². The van der Waals surface area contributed by atoms with E-state index in [1.807, 2.05) is 78.6 Å². The maximum atomic E-state index is 13.8. The minimum absolute atomic E-state index is 0.00417. The molecule has 0 atom stereocenters. The zero-order valence-corrected chi connectivity index (χ0v) is 25.0. The van der Waals surface area contributed by atoms with Crippen LogP contribution in [-0.4, -0.2) is 41.1 Å². The van der Waals surface area contributed by atoms with Crippen LogP contribution in [0.4, 0.5) is 11.4 Å². The van der Waals surface area contributed by atoms with E-state index in [2.05, 4.69) is 18.3 Å². The number of carbonyl (C=O) groups is 2. The predicted octanol–water partition coefficient (Wildman–Crippen LogP) is 7.60. The van der Waals surface area contributed by atoms with Gasteiger partial charge in [-0.2, -0.15) is 0 Å². The van der Waals surface area contributed by atoms with Crippen molar-refractivity contribution in [2.75, 3.05) is 18.5 Å². The normalized spacial score (nSPS) is 17.6. The highest BCUT2D eigenvalue weighted by Crippen LogP contribution is 2.40. The number of thioether (sulfide) groups is 1. The highest BCUT2D eigenvalue weighted by Gasteiger charge is 2.38. The molecule has 0 aromatic heterocycles. The lowest BCUT2D eigenvalue weighted by atomic mass is 9.94. The number of amidine groups is 1. The Kier molecular flexibility index (Phi) is 9.98. The first-order valence-electron chi connectivity index (χ1n) is 14.7. The Morgan fingerprint density at radius 3 is 2.50 bits per heavy atom. The molecule has 0 bridgehead atoms. The van der Waals surface area contributed by atoms with Gasteiger partial charge in [0, 0.05) is 11.7 Å². The van der Waals surface area contributed by atoms with Gasteiger partial charge >= 0.3 is 0 Å². The largest absolute Gasteiger partial charge is 0.490 e. The van der Waals surface area contributed by atoms with E-state index >= 15 is 0 Å². The summed E-state index contributed by atoms with van der Waals surface area (Å²) in [7, 11) is 0. The summed E-state index contributed by atoms with van der Waals surface area (Å²) in [5, 5.41) is 3.56. The van der Waals surface area contributed by atoms with E-state index < -0.39 is 0 Å². The van der Waals surface area contributed by atoms with Gasteiger partial charge in [0.1, 0.15) is 0 Å². The molecule has 2 aliphatic rings. The Morgan fingerprint density at radius 1 is 0.976 bits per heavy atom. The highest BCUT2D eigenvalue weighted by atomic mass is 32.2. The van der Waals surface area contributed by atoms with Crippen LogP contribution >= 0.6 is 11.8 Å². The molecule has 3 aromatic rings. The monoisotopic (exact) mass is 583 g/mol. The SMILES string of the molecule is CCOc1cc(/C=C2/SC(=Nc3ccccc3CC)N(C3CCCCC3)C2=O)ccc1OCC(=O)Nc1ccccc1. The second-order valence-electron chi connectivity index (χ2n) is 10.3. The summed E-state index contributed by atoms with van der Waals surface area (Å²) in [5.41, 5.74) is 3.59. The van der Waals surface area contributed by atoms with Crippen molar-refractivity contribution >= 4 is 46.2 Å².